The Morgan fingerprint density at radius 1 is 1.48 bits per heavy atom. The Morgan fingerprint density at radius 3 is 2.71 bits per heavy atom. The molecule has 0 bridgehead atoms. The first kappa shape index (κ1) is 16.2. The van der Waals surface area contributed by atoms with Gasteiger partial charge >= 0.3 is 5.97 Å². The molecule has 4 nitrogen and oxygen atoms in total. The molecule has 0 aromatic heterocycles. The second-order valence-corrected chi connectivity index (χ2v) is 6.15. The summed E-state index contributed by atoms with van der Waals surface area (Å²) in [5.74, 6) is -1.15. The molecule has 1 aromatic rings. The largest absolute Gasteiger partial charge is 0.478 e. The summed E-state index contributed by atoms with van der Waals surface area (Å²) in [6.45, 7) is 6.14. The van der Waals surface area contributed by atoms with E-state index in [1.807, 2.05) is 0 Å². The van der Waals surface area contributed by atoms with Crippen molar-refractivity contribution in [2.75, 3.05) is 31.5 Å². The number of nitrogens with one attached hydrogen (secondary N) is 1. The minimum absolute atomic E-state index is 0.000743. The van der Waals surface area contributed by atoms with E-state index in [0.29, 0.717) is 18.2 Å². The summed E-state index contributed by atoms with van der Waals surface area (Å²) in [7, 11) is 0. The molecule has 0 spiro atoms. The van der Waals surface area contributed by atoms with Gasteiger partial charge in [0.25, 0.3) is 0 Å². The number of nitrogens with zero attached hydrogens (tertiary/aromatic N) is 1. The number of hydrogen-bond donors (Lipinski definition) is 2. The Labute approximate surface area is 132 Å². The number of aromatic carboxylic acids is 1. The normalized spacial score (nSPS) is 16.9. The highest BCUT2D eigenvalue weighted by atomic mass is 79.9. The first-order valence-corrected chi connectivity index (χ1v) is 7.99. The van der Waals surface area contributed by atoms with Crippen LogP contribution < -0.4 is 5.32 Å². The van der Waals surface area contributed by atoms with Crippen LogP contribution in [0.15, 0.2) is 16.6 Å². The maximum atomic E-state index is 14.1. The zero-order chi connectivity index (χ0) is 15.4. The first-order chi connectivity index (χ1) is 10.0. The number of piperidine rings is 1. The average molecular weight is 359 g/mol. The Kier molecular flexibility index (Phi) is 5.58. The molecule has 2 rings (SSSR count). The number of benzene rings is 1. The summed E-state index contributed by atoms with van der Waals surface area (Å²) in [6, 6.07) is 2.90. The summed E-state index contributed by atoms with van der Waals surface area (Å²) in [5, 5.41) is 12.0. The van der Waals surface area contributed by atoms with Crippen LogP contribution in [0.25, 0.3) is 0 Å². The topological polar surface area (TPSA) is 52.6 Å². The molecular weight excluding hydrogens is 339 g/mol. The fourth-order valence-electron chi connectivity index (χ4n) is 2.61. The molecule has 21 heavy (non-hydrogen) atoms. The molecule has 116 valence electrons. The minimum atomic E-state index is -1.14. The van der Waals surface area contributed by atoms with Crippen molar-refractivity contribution >= 4 is 27.6 Å². The van der Waals surface area contributed by atoms with Gasteiger partial charge in [0.15, 0.2) is 5.82 Å². The lowest BCUT2D eigenvalue weighted by molar-refractivity contribution is 0.0695. The molecule has 0 atom stereocenters. The van der Waals surface area contributed by atoms with Gasteiger partial charge in [-0.1, -0.05) is 6.92 Å². The summed E-state index contributed by atoms with van der Waals surface area (Å²) in [6.07, 6.45) is 2.22. The van der Waals surface area contributed by atoms with Crippen LogP contribution in [0, 0.1) is 11.7 Å². The second-order valence-electron chi connectivity index (χ2n) is 5.35. The summed E-state index contributed by atoms with van der Waals surface area (Å²) >= 11 is 3.01. The number of carboxylic acid groups (broad SMARTS) is 1. The van der Waals surface area contributed by atoms with Gasteiger partial charge in [-0.2, -0.15) is 0 Å². The van der Waals surface area contributed by atoms with Crippen LogP contribution in [0.5, 0.6) is 0 Å². The van der Waals surface area contributed by atoms with Gasteiger partial charge < -0.3 is 15.3 Å². The molecule has 0 saturated carbocycles. The molecule has 1 aliphatic rings. The van der Waals surface area contributed by atoms with Gasteiger partial charge in [-0.05, 0) is 66.5 Å². The fraction of sp³-hybridized carbons (Fsp3) is 0.533. The number of halogens is 2. The quantitative estimate of drug-likeness (QED) is 0.846. The highest BCUT2D eigenvalue weighted by molar-refractivity contribution is 9.10. The van der Waals surface area contributed by atoms with Crippen LogP contribution in [0.2, 0.25) is 0 Å². The van der Waals surface area contributed by atoms with Crippen LogP contribution in [-0.2, 0) is 0 Å². The molecule has 1 heterocycles. The summed E-state index contributed by atoms with van der Waals surface area (Å²) in [5.41, 5.74) is 0.291. The zero-order valence-electron chi connectivity index (χ0n) is 12.0. The summed E-state index contributed by atoms with van der Waals surface area (Å²) in [4.78, 5) is 13.3. The van der Waals surface area contributed by atoms with Gasteiger partial charge in [0, 0.05) is 6.54 Å². The number of likely N-dealkylation sites (tertiary alicyclic amines) is 1. The van der Waals surface area contributed by atoms with Crippen LogP contribution in [0.1, 0.15) is 30.1 Å². The maximum absolute atomic E-state index is 14.1. The van der Waals surface area contributed by atoms with Crippen molar-refractivity contribution < 1.29 is 14.3 Å². The standard InChI is InChI=1S/C15H20BrFN2O2/c1-2-19-7-5-10(6-8-19)9-18-12-4-3-11(15(20)21)13(16)14(12)17/h3-4,10,18H,2,5-9H2,1H3,(H,20,21). The van der Waals surface area contributed by atoms with Crippen molar-refractivity contribution in [3.8, 4) is 0 Å². The highest BCUT2D eigenvalue weighted by Gasteiger charge is 2.19. The summed E-state index contributed by atoms with van der Waals surface area (Å²) < 4.78 is 14.1. The zero-order valence-corrected chi connectivity index (χ0v) is 13.6. The third-order valence-corrected chi connectivity index (χ3v) is 4.82. The number of hydrogen-bond acceptors (Lipinski definition) is 3. The minimum Gasteiger partial charge on any atom is -0.478 e. The Bertz CT molecular complexity index is 517. The monoisotopic (exact) mass is 358 g/mol. The lowest BCUT2D eigenvalue weighted by Crippen LogP contribution is -2.35. The smallest absolute Gasteiger partial charge is 0.336 e. The van der Waals surface area contributed by atoms with Crippen molar-refractivity contribution in [2.45, 2.75) is 19.8 Å². The highest BCUT2D eigenvalue weighted by Crippen LogP contribution is 2.28. The number of carbonyl (C=O) groups is 1. The van der Waals surface area contributed by atoms with Crippen LogP contribution in [0.3, 0.4) is 0 Å². The lowest BCUT2D eigenvalue weighted by Gasteiger charge is -2.31. The molecular formula is C15H20BrFN2O2. The fourth-order valence-corrected chi connectivity index (χ4v) is 3.13. The third kappa shape index (κ3) is 3.95. The van der Waals surface area contributed by atoms with Crippen molar-refractivity contribution in [3.05, 3.63) is 28.0 Å². The van der Waals surface area contributed by atoms with E-state index in [9.17, 15) is 9.18 Å². The van der Waals surface area contributed by atoms with Crippen molar-refractivity contribution in [1.29, 1.82) is 0 Å². The molecule has 1 fully saturated rings. The Morgan fingerprint density at radius 2 is 2.14 bits per heavy atom. The van der Waals surface area contributed by atoms with Gasteiger partial charge in [-0.25, -0.2) is 9.18 Å². The van der Waals surface area contributed by atoms with Gasteiger partial charge in [-0.15, -0.1) is 0 Å². The van der Waals surface area contributed by atoms with E-state index in [2.05, 4.69) is 33.1 Å². The van der Waals surface area contributed by atoms with Crippen LogP contribution in [0.4, 0.5) is 10.1 Å². The number of carboxylic acids is 1. The van der Waals surface area contributed by atoms with E-state index in [1.54, 1.807) is 0 Å². The van der Waals surface area contributed by atoms with Crippen molar-refractivity contribution in [1.82, 2.24) is 4.90 Å². The molecule has 0 unspecified atom stereocenters. The van der Waals surface area contributed by atoms with Crippen molar-refractivity contribution in [3.63, 3.8) is 0 Å². The van der Waals surface area contributed by atoms with E-state index in [1.165, 1.54) is 12.1 Å². The van der Waals surface area contributed by atoms with E-state index in [0.717, 1.165) is 32.5 Å². The van der Waals surface area contributed by atoms with E-state index < -0.39 is 11.8 Å². The SMILES string of the molecule is CCN1CCC(CNc2ccc(C(=O)O)c(Br)c2F)CC1. The third-order valence-electron chi connectivity index (χ3n) is 4.05. The molecule has 2 N–H and O–H groups in total. The van der Waals surface area contributed by atoms with Gasteiger partial charge in [0.2, 0.25) is 0 Å². The number of rotatable bonds is 5. The van der Waals surface area contributed by atoms with E-state index >= 15 is 0 Å². The molecule has 0 amide bonds. The van der Waals surface area contributed by atoms with E-state index in [-0.39, 0.29) is 10.0 Å². The maximum Gasteiger partial charge on any atom is 0.336 e. The number of anilines is 1. The predicted molar refractivity (Wildman–Crippen MR) is 84.4 cm³/mol. The second kappa shape index (κ2) is 7.22. The van der Waals surface area contributed by atoms with Crippen LogP contribution >= 0.6 is 15.9 Å². The van der Waals surface area contributed by atoms with Gasteiger partial charge in [0.1, 0.15) is 0 Å². The predicted octanol–water partition coefficient (Wildman–Crippen LogP) is 3.43. The van der Waals surface area contributed by atoms with Gasteiger partial charge in [0.05, 0.1) is 15.7 Å². The molecule has 0 aliphatic carbocycles. The first-order valence-electron chi connectivity index (χ1n) is 7.20. The molecule has 1 saturated heterocycles. The Balaban J connectivity index is 1.95. The molecule has 1 aromatic carbocycles. The molecule has 0 radical (unpaired) electrons. The Hall–Kier alpha value is -1.14. The molecule has 6 heteroatoms. The van der Waals surface area contributed by atoms with Crippen LogP contribution in [-0.4, -0.2) is 42.2 Å². The van der Waals surface area contributed by atoms with Gasteiger partial charge in [-0.3, -0.25) is 0 Å². The van der Waals surface area contributed by atoms with E-state index in [4.69, 9.17) is 5.11 Å². The van der Waals surface area contributed by atoms with Crippen molar-refractivity contribution in [2.24, 2.45) is 5.92 Å². The lowest BCUT2D eigenvalue weighted by atomic mass is 9.96. The average Bonchev–Trinajstić information content (AvgIpc) is 2.49. The molecule has 1 aliphatic heterocycles.